The Hall–Kier alpha value is -3.20. The van der Waals surface area contributed by atoms with Gasteiger partial charge in [-0.25, -0.2) is 13.1 Å². The molecule has 2 heterocycles. The maximum Gasteiger partial charge on any atom is 0.250 e. The molecular formula is C25H27N3O6S. The second kappa shape index (κ2) is 10.2. The highest BCUT2D eigenvalue weighted by atomic mass is 32.2. The minimum Gasteiger partial charge on any atom is -0.457 e. The zero-order chi connectivity index (χ0) is 25.2. The molecule has 9 nitrogen and oxygen atoms in total. The number of nitrogens with zero attached hydrogens (tertiary/aromatic N) is 2. The van der Waals surface area contributed by atoms with Crippen LogP contribution >= 0.6 is 0 Å². The Labute approximate surface area is 203 Å². The van der Waals surface area contributed by atoms with Crippen LogP contribution in [-0.4, -0.2) is 64.2 Å². The molecule has 0 saturated carbocycles. The number of aliphatic hydroxyl groups excluding tert-OH is 2. The highest BCUT2D eigenvalue weighted by Crippen LogP contribution is 2.29. The van der Waals surface area contributed by atoms with Crippen LogP contribution in [0.4, 0.5) is 5.69 Å². The molecule has 3 atom stereocenters. The van der Waals surface area contributed by atoms with E-state index in [9.17, 15) is 23.9 Å². The summed E-state index contributed by atoms with van der Waals surface area (Å²) in [6, 6.07) is 17.0. The lowest BCUT2D eigenvalue weighted by atomic mass is 10.0. The summed E-state index contributed by atoms with van der Waals surface area (Å²) in [5.74, 6) is 0.736. The van der Waals surface area contributed by atoms with E-state index in [0.29, 0.717) is 5.76 Å². The maximum atomic E-state index is 12.6. The smallest absolute Gasteiger partial charge is 0.250 e. The molecule has 4 rings (SSSR count). The van der Waals surface area contributed by atoms with Crippen molar-refractivity contribution in [2.75, 3.05) is 32.1 Å². The van der Waals surface area contributed by atoms with Crippen LogP contribution < -0.4 is 9.62 Å². The van der Waals surface area contributed by atoms with Gasteiger partial charge in [0.05, 0.1) is 12.2 Å². The standard InChI is InChI=1S/C25H27N3O6S/c1-28(2)19-6-5-16-11-18(4-3-17(16)12-19)23-8-7-20(34-23)13-21(14-26)35(31,32)27-15-24-25(30)22(29)9-10-33-24/h3-8,11-13,22,24-25,27,29-30H,9-10,15H2,1-2H3/b21-13+/t22-,24-,25+/m1/s1. The third-order valence-corrected chi connectivity index (χ3v) is 7.25. The van der Waals surface area contributed by atoms with Gasteiger partial charge in [-0.3, -0.25) is 0 Å². The Morgan fingerprint density at radius 2 is 1.91 bits per heavy atom. The summed E-state index contributed by atoms with van der Waals surface area (Å²) >= 11 is 0. The van der Waals surface area contributed by atoms with Crippen LogP contribution in [0.1, 0.15) is 12.2 Å². The van der Waals surface area contributed by atoms with E-state index in [1.165, 1.54) is 0 Å². The number of hydrogen-bond acceptors (Lipinski definition) is 8. The Balaban J connectivity index is 1.51. The number of ether oxygens (including phenoxy) is 1. The summed E-state index contributed by atoms with van der Waals surface area (Å²) in [5.41, 5.74) is 1.91. The SMILES string of the molecule is CN(C)c1ccc2cc(-c3ccc(/C=C(\C#N)S(=O)(=O)NC[C@H]4OCC[C@@H](O)[C@@H]4O)o3)ccc2c1. The number of allylic oxidation sites excluding steroid dienone is 1. The Morgan fingerprint density at radius 3 is 2.66 bits per heavy atom. The van der Waals surface area contributed by atoms with Crippen LogP contribution in [0.3, 0.4) is 0 Å². The number of fused-ring (bicyclic) bond motifs is 1. The lowest BCUT2D eigenvalue weighted by Gasteiger charge is -2.31. The number of benzene rings is 2. The van der Waals surface area contributed by atoms with E-state index < -0.39 is 33.2 Å². The van der Waals surface area contributed by atoms with Crippen molar-refractivity contribution in [3.8, 4) is 17.4 Å². The molecule has 2 aromatic carbocycles. The molecule has 0 amide bonds. The van der Waals surface area contributed by atoms with Gasteiger partial charge in [-0.05, 0) is 47.5 Å². The summed E-state index contributed by atoms with van der Waals surface area (Å²) in [5, 5.41) is 31.3. The molecule has 1 aromatic heterocycles. The largest absolute Gasteiger partial charge is 0.457 e. The van der Waals surface area contributed by atoms with Crippen LogP contribution in [0.5, 0.6) is 0 Å². The molecular weight excluding hydrogens is 470 g/mol. The van der Waals surface area contributed by atoms with E-state index in [1.54, 1.807) is 18.2 Å². The number of anilines is 1. The number of rotatable bonds is 7. The molecule has 0 radical (unpaired) electrons. The molecule has 184 valence electrons. The summed E-state index contributed by atoms with van der Waals surface area (Å²) in [4.78, 5) is 1.49. The van der Waals surface area contributed by atoms with Crippen molar-refractivity contribution >= 4 is 32.6 Å². The Bertz CT molecular complexity index is 1390. The lowest BCUT2D eigenvalue weighted by Crippen LogP contribution is -2.49. The predicted molar refractivity (Wildman–Crippen MR) is 133 cm³/mol. The van der Waals surface area contributed by atoms with Crippen LogP contribution in [0, 0.1) is 11.3 Å². The quantitative estimate of drug-likeness (QED) is 0.424. The first kappa shape index (κ1) is 24.9. The molecule has 3 N–H and O–H groups in total. The average Bonchev–Trinajstić information content (AvgIpc) is 3.31. The summed E-state index contributed by atoms with van der Waals surface area (Å²) < 4.78 is 38.7. The van der Waals surface area contributed by atoms with Gasteiger partial charge in [-0.2, -0.15) is 5.26 Å². The fourth-order valence-corrected chi connectivity index (χ4v) is 4.79. The molecule has 0 bridgehead atoms. The normalized spacial score (nSPS) is 21.1. The minimum atomic E-state index is -4.19. The number of nitrogens with one attached hydrogen (secondary N) is 1. The molecule has 35 heavy (non-hydrogen) atoms. The number of furan rings is 1. The molecule has 1 saturated heterocycles. The van der Waals surface area contributed by atoms with Gasteiger partial charge in [0.1, 0.15) is 23.7 Å². The second-order valence-corrected chi connectivity index (χ2v) is 10.3. The van der Waals surface area contributed by atoms with E-state index in [2.05, 4.69) is 10.8 Å². The van der Waals surface area contributed by atoms with E-state index in [0.717, 1.165) is 28.1 Å². The first-order chi connectivity index (χ1) is 16.7. The van der Waals surface area contributed by atoms with Gasteiger partial charge in [0.25, 0.3) is 10.0 Å². The second-order valence-electron chi connectivity index (χ2n) is 8.57. The monoisotopic (exact) mass is 497 g/mol. The average molecular weight is 498 g/mol. The molecule has 3 aromatic rings. The van der Waals surface area contributed by atoms with E-state index in [-0.39, 0.29) is 25.3 Å². The van der Waals surface area contributed by atoms with Crippen molar-refractivity contribution in [2.24, 2.45) is 0 Å². The maximum absolute atomic E-state index is 12.6. The summed E-state index contributed by atoms with van der Waals surface area (Å²) in [7, 11) is -0.228. The molecule has 10 heteroatoms. The van der Waals surface area contributed by atoms with Crippen LogP contribution in [-0.2, 0) is 14.8 Å². The van der Waals surface area contributed by atoms with E-state index in [1.807, 2.05) is 49.3 Å². The van der Waals surface area contributed by atoms with Gasteiger partial charge in [0, 0.05) is 44.6 Å². The molecule has 1 fully saturated rings. The summed E-state index contributed by atoms with van der Waals surface area (Å²) in [6.07, 6.45) is -1.71. The number of aliphatic hydroxyl groups is 2. The summed E-state index contributed by atoms with van der Waals surface area (Å²) in [6.45, 7) is -0.0814. The predicted octanol–water partition coefficient (Wildman–Crippen LogP) is 2.46. The number of sulfonamides is 1. The Morgan fingerprint density at radius 1 is 1.17 bits per heavy atom. The van der Waals surface area contributed by atoms with Crippen molar-refractivity contribution in [3.05, 3.63) is 59.2 Å². The van der Waals surface area contributed by atoms with Gasteiger partial charge >= 0.3 is 0 Å². The third kappa shape index (κ3) is 5.56. The molecule has 0 spiro atoms. The van der Waals surface area contributed by atoms with Crippen molar-refractivity contribution in [1.29, 1.82) is 5.26 Å². The molecule has 0 aliphatic carbocycles. The van der Waals surface area contributed by atoms with Crippen LogP contribution in [0.2, 0.25) is 0 Å². The zero-order valence-electron chi connectivity index (χ0n) is 19.4. The number of nitriles is 1. The van der Waals surface area contributed by atoms with Crippen molar-refractivity contribution in [1.82, 2.24) is 4.72 Å². The highest BCUT2D eigenvalue weighted by molar-refractivity contribution is 7.93. The van der Waals surface area contributed by atoms with Crippen molar-refractivity contribution < 1.29 is 27.8 Å². The van der Waals surface area contributed by atoms with Gasteiger partial charge in [0.15, 0.2) is 4.91 Å². The number of hydrogen-bond donors (Lipinski definition) is 3. The third-order valence-electron chi connectivity index (χ3n) is 5.92. The molecule has 1 aliphatic heterocycles. The van der Waals surface area contributed by atoms with Gasteiger partial charge < -0.3 is 24.3 Å². The first-order valence-corrected chi connectivity index (χ1v) is 12.6. The zero-order valence-corrected chi connectivity index (χ0v) is 20.2. The van der Waals surface area contributed by atoms with Crippen LogP contribution in [0.15, 0.2) is 57.9 Å². The van der Waals surface area contributed by atoms with E-state index in [4.69, 9.17) is 9.15 Å². The van der Waals surface area contributed by atoms with Crippen molar-refractivity contribution in [2.45, 2.75) is 24.7 Å². The highest BCUT2D eigenvalue weighted by Gasteiger charge is 2.32. The van der Waals surface area contributed by atoms with Gasteiger partial charge in [-0.1, -0.05) is 18.2 Å². The van der Waals surface area contributed by atoms with Gasteiger partial charge in [0.2, 0.25) is 0 Å². The Kier molecular flexibility index (Phi) is 7.25. The molecule has 1 aliphatic rings. The first-order valence-electron chi connectivity index (χ1n) is 11.1. The van der Waals surface area contributed by atoms with Crippen LogP contribution in [0.25, 0.3) is 28.2 Å². The minimum absolute atomic E-state index is 0.201. The molecule has 0 unspecified atom stereocenters. The van der Waals surface area contributed by atoms with Gasteiger partial charge in [-0.15, -0.1) is 0 Å². The van der Waals surface area contributed by atoms with Crippen molar-refractivity contribution in [3.63, 3.8) is 0 Å². The van der Waals surface area contributed by atoms with E-state index >= 15 is 0 Å². The fourth-order valence-electron chi connectivity index (χ4n) is 3.86. The fraction of sp³-hybridized carbons (Fsp3) is 0.320. The lowest BCUT2D eigenvalue weighted by molar-refractivity contribution is -0.131. The topological polar surface area (TPSA) is 136 Å².